The van der Waals surface area contributed by atoms with Gasteiger partial charge >= 0.3 is 6.18 Å². The van der Waals surface area contributed by atoms with E-state index in [9.17, 15) is 22.7 Å². The smallest absolute Gasteiger partial charge is 0.380 e. The number of halogens is 4. The van der Waals surface area contributed by atoms with Gasteiger partial charge in [0.2, 0.25) is 0 Å². The fourth-order valence-electron chi connectivity index (χ4n) is 2.38. The molecule has 1 aromatic rings. The van der Waals surface area contributed by atoms with E-state index in [0.717, 1.165) is 0 Å². The fraction of sp³-hybridized carbons (Fsp3) is 0.500. The molecule has 0 unspecified atom stereocenters. The first-order valence-electron chi connectivity index (χ1n) is 6.45. The monoisotopic (exact) mass is 302 g/mol. The lowest BCUT2D eigenvalue weighted by molar-refractivity contribution is -0.272. The number of benzene rings is 1. The van der Waals surface area contributed by atoms with Gasteiger partial charge in [0.1, 0.15) is 11.9 Å². The van der Waals surface area contributed by atoms with Gasteiger partial charge in [-0.3, -0.25) is 4.90 Å². The van der Waals surface area contributed by atoms with Crippen LogP contribution in [0.2, 0.25) is 0 Å². The summed E-state index contributed by atoms with van der Waals surface area (Å²) in [7, 11) is 0. The fourth-order valence-corrected chi connectivity index (χ4v) is 2.38. The third kappa shape index (κ3) is 3.34. The molecule has 3 nitrogen and oxygen atoms in total. The van der Waals surface area contributed by atoms with Gasteiger partial charge in [-0.05, 0) is 30.5 Å². The van der Waals surface area contributed by atoms with Gasteiger partial charge in [-0.2, -0.15) is 18.4 Å². The lowest BCUT2D eigenvalue weighted by Gasteiger charge is -2.39. The van der Waals surface area contributed by atoms with Crippen molar-refractivity contribution in [3.8, 4) is 6.07 Å². The van der Waals surface area contributed by atoms with E-state index >= 15 is 0 Å². The highest BCUT2D eigenvalue weighted by Gasteiger charge is 2.54. The first-order chi connectivity index (χ1) is 9.75. The Bertz CT molecular complexity index is 557. The first-order valence-corrected chi connectivity index (χ1v) is 6.45. The summed E-state index contributed by atoms with van der Waals surface area (Å²) in [5, 5.41) is 18.3. The standard InChI is InChI=1S/C14H14F4N2O/c15-12-2-1-10(7-11(12)8-19)9-20-5-3-13(21,4-6-20)14(16,17)18/h1-2,7,21H,3-6,9H2. The van der Waals surface area contributed by atoms with Crippen molar-refractivity contribution in [2.24, 2.45) is 0 Å². The normalized spacial score (nSPS) is 19.2. The summed E-state index contributed by atoms with van der Waals surface area (Å²) in [6.45, 7) is 0.507. The van der Waals surface area contributed by atoms with E-state index in [4.69, 9.17) is 5.26 Å². The van der Waals surface area contributed by atoms with Crippen LogP contribution < -0.4 is 0 Å². The highest BCUT2D eigenvalue weighted by atomic mass is 19.4. The van der Waals surface area contributed by atoms with Crippen LogP contribution in [0, 0.1) is 17.1 Å². The second-order valence-electron chi connectivity index (χ2n) is 5.23. The molecular weight excluding hydrogens is 288 g/mol. The Morgan fingerprint density at radius 3 is 2.43 bits per heavy atom. The van der Waals surface area contributed by atoms with Crippen molar-refractivity contribution in [3.63, 3.8) is 0 Å². The molecule has 0 amide bonds. The number of rotatable bonds is 2. The second-order valence-corrected chi connectivity index (χ2v) is 5.23. The third-order valence-corrected chi connectivity index (χ3v) is 3.77. The Hall–Kier alpha value is -1.65. The topological polar surface area (TPSA) is 47.3 Å². The van der Waals surface area contributed by atoms with E-state index in [1.165, 1.54) is 18.2 Å². The summed E-state index contributed by atoms with van der Waals surface area (Å²) in [6.07, 6.45) is -5.39. The zero-order valence-corrected chi connectivity index (χ0v) is 11.1. The van der Waals surface area contributed by atoms with Gasteiger partial charge < -0.3 is 5.11 Å². The molecule has 21 heavy (non-hydrogen) atoms. The van der Waals surface area contributed by atoms with Crippen molar-refractivity contribution in [2.75, 3.05) is 13.1 Å². The summed E-state index contributed by atoms with van der Waals surface area (Å²) in [5.41, 5.74) is -2.05. The van der Waals surface area contributed by atoms with Crippen molar-refractivity contribution in [1.29, 1.82) is 5.26 Å². The molecule has 0 bridgehead atoms. The van der Waals surface area contributed by atoms with E-state index in [2.05, 4.69) is 0 Å². The van der Waals surface area contributed by atoms with Gasteiger partial charge in [0, 0.05) is 19.6 Å². The van der Waals surface area contributed by atoms with Crippen LogP contribution in [-0.2, 0) is 6.54 Å². The molecule has 2 rings (SSSR count). The van der Waals surface area contributed by atoms with Crippen LogP contribution >= 0.6 is 0 Å². The molecule has 1 saturated heterocycles. The number of hydrogen-bond donors (Lipinski definition) is 1. The minimum atomic E-state index is -4.62. The molecule has 7 heteroatoms. The lowest BCUT2D eigenvalue weighted by Crippen LogP contribution is -2.53. The predicted octanol–water partition coefficient (Wildman–Crippen LogP) is 2.59. The van der Waals surface area contributed by atoms with Crippen molar-refractivity contribution < 1.29 is 22.7 Å². The van der Waals surface area contributed by atoms with Crippen LogP contribution in [0.1, 0.15) is 24.0 Å². The van der Waals surface area contributed by atoms with Crippen LogP contribution in [0.15, 0.2) is 18.2 Å². The number of hydrogen-bond acceptors (Lipinski definition) is 3. The maximum atomic E-state index is 13.2. The molecule has 0 atom stereocenters. The molecule has 0 radical (unpaired) electrons. The molecular formula is C14H14F4N2O. The Morgan fingerprint density at radius 2 is 1.90 bits per heavy atom. The van der Waals surface area contributed by atoms with Gasteiger partial charge in [0.05, 0.1) is 5.56 Å². The number of nitriles is 1. The van der Waals surface area contributed by atoms with Crippen molar-refractivity contribution >= 4 is 0 Å². The third-order valence-electron chi connectivity index (χ3n) is 3.77. The Kier molecular flexibility index (Phi) is 4.21. The van der Waals surface area contributed by atoms with Crippen molar-refractivity contribution in [1.82, 2.24) is 4.90 Å². The zero-order chi connectivity index (χ0) is 15.7. The Balaban J connectivity index is 2.00. The molecule has 1 fully saturated rings. The highest BCUT2D eigenvalue weighted by Crippen LogP contribution is 2.38. The lowest BCUT2D eigenvalue weighted by atomic mass is 9.90. The molecule has 1 aliphatic rings. The SMILES string of the molecule is N#Cc1cc(CN2CCC(O)(C(F)(F)F)CC2)ccc1F. The summed E-state index contributed by atoms with van der Waals surface area (Å²) >= 11 is 0. The zero-order valence-electron chi connectivity index (χ0n) is 11.1. The van der Waals surface area contributed by atoms with Crippen LogP contribution in [-0.4, -0.2) is 34.9 Å². The minimum absolute atomic E-state index is 0.0868. The minimum Gasteiger partial charge on any atom is -0.380 e. The van der Waals surface area contributed by atoms with Crippen LogP contribution in [0.25, 0.3) is 0 Å². The number of likely N-dealkylation sites (tertiary alicyclic amines) is 1. The molecule has 1 aliphatic heterocycles. The molecule has 0 spiro atoms. The summed E-state index contributed by atoms with van der Waals surface area (Å²) < 4.78 is 51.2. The summed E-state index contributed by atoms with van der Waals surface area (Å²) in [5.74, 6) is -0.619. The number of piperidine rings is 1. The van der Waals surface area contributed by atoms with Crippen molar-refractivity contribution in [3.05, 3.63) is 35.1 Å². The Morgan fingerprint density at radius 1 is 1.29 bits per heavy atom. The quantitative estimate of drug-likeness (QED) is 0.854. The van der Waals surface area contributed by atoms with Gasteiger partial charge in [-0.15, -0.1) is 0 Å². The van der Waals surface area contributed by atoms with Crippen LogP contribution in [0.4, 0.5) is 17.6 Å². The van der Waals surface area contributed by atoms with E-state index in [1.807, 2.05) is 0 Å². The average Bonchev–Trinajstić information content (AvgIpc) is 2.42. The number of nitrogens with zero attached hydrogens (tertiary/aromatic N) is 2. The molecule has 1 heterocycles. The summed E-state index contributed by atoms with van der Waals surface area (Å²) in [4.78, 5) is 1.74. The van der Waals surface area contributed by atoms with E-state index in [1.54, 1.807) is 11.0 Å². The largest absolute Gasteiger partial charge is 0.417 e. The maximum absolute atomic E-state index is 13.2. The number of aliphatic hydroxyl groups is 1. The number of alkyl halides is 3. The van der Waals surface area contributed by atoms with Crippen molar-refractivity contribution in [2.45, 2.75) is 31.2 Å². The first kappa shape index (κ1) is 15.7. The van der Waals surface area contributed by atoms with Gasteiger partial charge in [-0.25, -0.2) is 4.39 Å². The van der Waals surface area contributed by atoms with Gasteiger partial charge in [0.15, 0.2) is 5.60 Å². The van der Waals surface area contributed by atoms with Crippen LogP contribution in [0.3, 0.4) is 0 Å². The van der Waals surface area contributed by atoms with Gasteiger partial charge in [-0.1, -0.05) is 6.07 Å². The molecule has 0 saturated carbocycles. The van der Waals surface area contributed by atoms with E-state index in [0.29, 0.717) is 12.1 Å². The highest BCUT2D eigenvalue weighted by molar-refractivity contribution is 5.34. The average molecular weight is 302 g/mol. The molecule has 1 aromatic carbocycles. The second kappa shape index (κ2) is 5.62. The van der Waals surface area contributed by atoms with E-state index < -0.39 is 17.6 Å². The molecule has 1 N–H and O–H groups in total. The van der Waals surface area contributed by atoms with E-state index in [-0.39, 0.29) is 31.5 Å². The summed E-state index contributed by atoms with van der Waals surface area (Å²) in [6, 6.07) is 5.78. The molecule has 0 aliphatic carbocycles. The predicted molar refractivity (Wildman–Crippen MR) is 66.6 cm³/mol. The maximum Gasteiger partial charge on any atom is 0.417 e. The molecule has 114 valence electrons. The van der Waals surface area contributed by atoms with Gasteiger partial charge in [0.25, 0.3) is 0 Å². The molecule has 0 aromatic heterocycles. The Labute approximate surface area is 119 Å². The van der Waals surface area contributed by atoms with Crippen LogP contribution in [0.5, 0.6) is 0 Å².